The number of rotatable bonds is 6. The summed E-state index contributed by atoms with van der Waals surface area (Å²) in [5.41, 5.74) is 0.666. The van der Waals surface area contributed by atoms with Crippen molar-refractivity contribution in [2.24, 2.45) is 0 Å². The molecule has 6 nitrogen and oxygen atoms in total. The number of carbonyl (C=O) groups is 1. The van der Waals surface area contributed by atoms with Gasteiger partial charge in [0, 0.05) is 31.1 Å². The zero-order valence-corrected chi connectivity index (χ0v) is 12.2. The smallest absolute Gasteiger partial charge is 0.221 e. The van der Waals surface area contributed by atoms with Gasteiger partial charge in [-0.25, -0.2) is 0 Å². The van der Waals surface area contributed by atoms with Gasteiger partial charge in [-0.2, -0.15) is 0 Å². The molecule has 3 N–H and O–H groups in total. The highest BCUT2D eigenvalue weighted by atomic mass is 16.5. The highest BCUT2D eigenvalue weighted by Crippen LogP contribution is 2.23. The van der Waals surface area contributed by atoms with Gasteiger partial charge < -0.3 is 25.2 Å². The molecule has 0 aliphatic carbocycles. The second kappa shape index (κ2) is 7.97. The summed E-state index contributed by atoms with van der Waals surface area (Å²) in [5.74, 6) is 0.508. The number of methoxy groups -OCH3 is 1. The van der Waals surface area contributed by atoms with Crippen LogP contribution in [0.3, 0.4) is 0 Å². The van der Waals surface area contributed by atoms with Crippen LogP contribution < -0.4 is 15.4 Å². The summed E-state index contributed by atoms with van der Waals surface area (Å²) in [6.45, 7) is 2.15. The Balaban J connectivity index is 1.80. The first-order valence-corrected chi connectivity index (χ1v) is 7.09. The first kappa shape index (κ1) is 15.8. The Hall–Kier alpha value is -1.63. The Bertz CT molecular complexity index is 461. The molecule has 1 aromatic rings. The molecular formula is C15H22N2O4. The van der Waals surface area contributed by atoms with Crippen molar-refractivity contribution >= 4 is 5.91 Å². The van der Waals surface area contributed by atoms with Crippen molar-refractivity contribution < 1.29 is 19.4 Å². The summed E-state index contributed by atoms with van der Waals surface area (Å²) < 4.78 is 10.5. The molecule has 1 saturated heterocycles. The summed E-state index contributed by atoms with van der Waals surface area (Å²) in [7, 11) is 1.55. The Kier molecular flexibility index (Phi) is 5.98. The first-order valence-electron chi connectivity index (χ1n) is 7.09. The number of nitrogens with one attached hydrogen (secondary N) is 2. The molecule has 0 aromatic heterocycles. The predicted molar refractivity (Wildman–Crippen MR) is 78.2 cm³/mol. The standard InChI is InChI=1S/C15H22N2O4/c1-20-14-5-3-2-4-12(14)13(18)9-17-15(19)8-11-10-21-7-6-16-11/h2-5,11,13,16,18H,6-10H2,1H3,(H,17,19). The summed E-state index contributed by atoms with van der Waals surface area (Å²) in [4.78, 5) is 11.9. The van der Waals surface area contributed by atoms with E-state index in [4.69, 9.17) is 9.47 Å². The molecule has 2 rings (SSSR count). The lowest BCUT2D eigenvalue weighted by atomic mass is 10.1. The molecule has 1 fully saturated rings. The van der Waals surface area contributed by atoms with Gasteiger partial charge in [0.1, 0.15) is 5.75 Å². The van der Waals surface area contributed by atoms with Gasteiger partial charge in [0.2, 0.25) is 5.91 Å². The Morgan fingerprint density at radius 1 is 1.57 bits per heavy atom. The zero-order valence-electron chi connectivity index (χ0n) is 12.2. The zero-order chi connectivity index (χ0) is 15.1. The molecule has 116 valence electrons. The normalized spacial score (nSPS) is 19.8. The number of ether oxygens (including phenoxy) is 2. The Morgan fingerprint density at radius 2 is 2.38 bits per heavy atom. The quantitative estimate of drug-likeness (QED) is 0.699. The number of hydrogen-bond donors (Lipinski definition) is 3. The van der Waals surface area contributed by atoms with Crippen LogP contribution in [0.5, 0.6) is 5.75 Å². The minimum Gasteiger partial charge on any atom is -0.496 e. The molecule has 0 bridgehead atoms. The van der Waals surface area contributed by atoms with Crippen LogP contribution in [-0.2, 0) is 9.53 Å². The largest absolute Gasteiger partial charge is 0.496 e. The molecular weight excluding hydrogens is 272 g/mol. The Labute approximate surface area is 124 Å². The number of aliphatic hydroxyl groups is 1. The summed E-state index contributed by atoms with van der Waals surface area (Å²) in [6, 6.07) is 7.27. The van der Waals surface area contributed by atoms with Crippen molar-refractivity contribution in [3.05, 3.63) is 29.8 Å². The molecule has 21 heavy (non-hydrogen) atoms. The van der Waals surface area contributed by atoms with Crippen LogP contribution in [0.15, 0.2) is 24.3 Å². The van der Waals surface area contributed by atoms with Crippen molar-refractivity contribution in [2.75, 3.05) is 33.4 Å². The molecule has 2 atom stereocenters. The second-order valence-electron chi connectivity index (χ2n) is 4.99. The number of aliphatic hydroxyl groups excluding tert-OH is 1. The van der Waals surface area contributed by atoms with Crippen LogP contribution in [0.4, 0.5) is 0 Å². The SMILES string of the molecule is COc1ccccc1C(O)CNC(=O)CC1COCCN1. The Morgan fingerprint density at radius 3 is 3.10 bits per heavy atom. The van der Waals surface area contributed by atoms with Gasteiger partial charge >= 0.3 is 0 Å². The molecule has 1 amide bonds. The molecule has 0 radical (unpaired) electrons. The number of benzene rings is 1. The van der Waals surface area contributed by atoms with E-state index in [0.29, 0.717) is 30.9 Å². The molecule has 0 spiro atoms. The topological polar surface area (TPSA) is 79.8 Å². The molecule has 1 aliphatic rings. The van der Waals surface area contributed by atoms with Crippen LogP contribution in [0.25, 0.3) is 0 Å². The number of carbonyl (C=O) groups excluding carboxylic acids is 1. The molecule has 0 saturated carbocycles. The van der Waals surface area contributed by atoms with E-state index in [1.165, 1.54) is 0 Å². The van der Waals surface area contributed by atoms with E-state index < -0.39 is 6.10 Å². The number of hydrogen-bond acceptors (Lipinski definition) is 5. The molecule has 1 aliphatic heterocycles. The summed E-state index contributed by atoms with van der Waals surface area (Å²) >= 11 is 0. The van der Waals surface area contributed by atoms with Crippen molar-refractivity contribution in [3.8, 4) is 5.75 Å². The minimum atomic E-state index is -0.791. The van der Waals surface area contributed by atoms with Crippen molar-refractivity contribution in [2.45, 2.75) is 18.6 Å². The van der Waals surface area contributed by atoms with Crippen molar-refractivity contribution in [1.82, 2.24) is 10.6 Å². The lowest BCUT2D eigenvalue weighted by molar-refractivity contribution is -0.122. The fraction of sp³-hybridized carbons (Fsp3) is 0.533. The molecule has 1 heterocycles. The van der Waals surface area contributed by atoms with E-state index in [1.54, 1.807) is 19.2 Å². The van der Waals surface area contributed by atoms with Gasteiger partial charge in [-0.05, 0) is 6.07 Å². The molecule has 2 unspecified atom stereocenters. The summed E-state index contributed by atoms with van der Waals surface area (Å²) in [5, 5.41) is 16.1. The van der Waals surface area contributed by atoms with E-state index in [-0.39, 0.29) is 18.5 Å². The number of amides is 1. The van der Waals surface area contributed by atoms with Gasteiger partial charge in [-0.15, -0.1) is 0 Å². The minimum absolute atomic E-state index is 0.0437. The highest BCUT2D eigenvalue weighted by Gasteiger charge is 2.18. The van der Waals surface area contributed by atoms with Gasteiger partial charge in [-0.1, -0.05) is 18.2 Å². The lowest BCUT2D eigenvalue weighted by Gasteiger charge is -2.23. The van der Waals surface area contributed by atoms with E-state index in [1.807, 2.05) is 12.1 Å². The van der Waals surface area contributed by atoms with Crippen LogP contribution in [-0.4, -0.2) is 50.5 Å². The monoisotopic (exact) mass is 294 g/mol. The second-order valence-corrected chi connectivity index (χ2v) is 4.99. The summed E-state index contributed by atoms with van der Waals surface area (Å²) in [6.07, 6.45) is -0.445. The fourth-order valence-corrected chi connectivity index (χ4v) is 2.31. The average Bonchev–Trinajstić information content (AvgIpc) is 2.53. The van der Waals surface area contributed by atoms with Crippen LogP contribution in [0.1, 0.15) is 18.1 Å². The van der Waals surface area contributed by atoms with Gasteiger partial charge in [0.05, 0.1) is 26.4 Å². The van der Waals surface area contributed by atoms with E-state index in [9.17, 15) is 9.90 Å². The van der Waals surface area contributed by atoms with Crippen LogP contribution in [0, 0.1) is 0 Å². The van der Waals surface area contributed by atoms with E-state index >= 15 is 0 Å². The maximum atomic E-state index is 11.9. The fourth-order valence-electron chi connectivity index (χ4n) is 2.31. The average molecular weight is 294 g/mol. The third-order valence-electron chi connectivity index (χ3n) is 3.42. The maximum absolute atomic E-state index is 11.9. The third kappa shape index (κ3) is 4.70. The van der Waals surface area contributed by atoms with E-state index in [2.05, 4.69) is 10.6 Å². The van der Waals surface area contributed by atoms with Crippen LogP contribution >= 0.6 is 0 Å². The third-order valence-corrected chi connectivity index (χ3v) is 3.42. The maximum Gasteiger partial charge on any atom is 0.221 e. The van der Waals surface area contributed by atoms with Gasteiger partial charge in [-0.3, -0.25) is 4.79 Å². The van der Waals surface area contributed by atoms with Crippen LogP contribution in [0.2, 0.25) is 0 Å². The van der Waals surface area contributed by atoms with Crippen molar-refractivity contribution in [3.63, 3.8) is 0 Å². The lowest BCUT2D eigenvalue weighted by Crippen LogP contribution is -2.44. The van der Waals surface area contributed by atoms with Gasteiger partial charge in [0.25, 0.3) is 0 Å². The number of para-hydroxylation sites is 1. The molecule has 1 aromatic carbocycles. The molecule has 6 heteroatoms. The first-order chi connectivity index (χ1) is 10.2. The van der Waals surface area contributed by atoms with Crippen molar-refractivity contribution in [1.29, 1.82) is 0 Å². The van der Waals surface area contributed by atoms with Gasteiger partial charge in [0.15, 0.2) is 0 Å². The van der Waals surface area contributed by atoms with E-state index in [0.717, 1.165) is 6.54 Å². The number of morpholine rings is 1. The highest BCUT2D eigenvalue weighted by molar-refractivity contribution is 5.76. The predicted octanol–water partition coefficient (Wildman–Crippen LogP) is 0.223.